The summed E-state index contributed by atoms with van der Waals surface area (Å²) in [5, 5.41) is 0. The average Bonchev–Trinajstić information content (AvgIpc) is 2.38. The van der Waals surface area contributed by atoms with Crippen molar-refractivity contribution in [2.75, 3.05) is 19.5 Å². The van der Waals surface area contributed by atoms with E-state index in [-0.39, 0.29) is 12.4 Å². The maximum absolute atomic E-state index is 2.52. The monoisotopic (exact) mass is 314 g/mol. The maximum Gasteiger partial charge on any atom is 0.0837 e. The Morgan fingerprint density at radius 3 is 1.95 bits per heavy atom. The summed E-state index contributed by atoms with van der Waals surface area (Å²) in [6, 6.07) is 11.0. The molecule has 1 aromatic carbocycles. The zero-order valence-electron chi connectivity index (χ0n) is 13.6. The molecule has 2 heteroatoms. The molecule has 0 saturated heterocycles. The number of halogens is 1. The minimum Gasteiger partial charge on any atom is -1.00 e. The molecule has 0 N–H and O–H groups in total. The van der Waals surface area contributed by atoms with Gasteiger partial charge in [0.2, 0.25) is 0 Å². The number of unbranched alkanes of at least 4 members (excludes halogenated alkanes) is 6. The van der Waals surface area contributed by atoms with Gasteiger partial charge in [-0.15, -0.1) is 0 Å². The summed E-state index contributed by atoms with van der Waals surface area (Å²) in [4.78, 5) is 0. The van der Waals surface area contributed by atoms with Crippen LogP contribution in [0.2, 0.25) is 0 Å². The minimum atomic E-state index is -0.726. The molecule has 0 spiro atoms. The topological polar surface area (TPSA) is 0 Å². The van der Waals surface area contributed by atoms with Crippen LogP contribution in [0.1, 0.15) is 57.4 Å². The Morgan fingerprint density at radius 2 is 1.35 bits per heavy atom. The van der Waals surface area contributed by atoms with Gasteiger partial charge in [0, 0.05) is 20.6 Å². The fourth-order valence-electron chi connectivity index (χ4n) is 2.65. The van der Waals surface area contributed by atoms with Gasteiger partial charge in [0.25, 0.3) is 0 Å². The SMILES string of the molecule is CCCCCCCCC[P+](C)(C)Cc1ccccc1.[Cl-]. The van der Waals surface area contributed by atoms with Crippen molar-refractivity contribution in [2.24, 2.45) is 0 Å². The van der Waals surface area contributed by atoms with Crippen molar-refractivity contribution in [1.82, 2.24) is 0 Å². The molecular weight excluding hydrogens is 283 g/mol. The highest BCUT2D eigenvalue weighted by Gasteiger charge is 2.24. The van der Waals surface area contributed by atoms with E-state index in [1.165, 1.54) is 62.8 Å². The summed E-state index contributed by atoms with van der Waals surface area (Å²) in [6.45, 7) is 7.34. The molecule has 20 heavy (non-hydrogen) atoms. The lowest BCUT2D eigenvalue weighted by atomic mass is 10.1. The highest BCUT2D eigenvalue weighted by atomic mass is 35.5. The van der Waals surface area contributed by atoms with Crippen LogP contribution in [0.4, 0.5) is 0 Å². The lowest BCUT2D eigenvalue weighted by Gasteiger charge is -2.18. The first-order chi connectivity index (χ1) is 9.14. The van der Waals surface area contributed by atoms with Crippen molar-refractivity contribution < 1.29 is 12.4 Å². The average molecular weight is 315 g/mol. The third-order valence-corrected chi connectivity index (χ3v) is 6.57. The molecule has 0 unspecified atom stereocenters. The van der Waals surface area contributed by atoms with E-state index in [4.69, 9.17) is 0 Å². The number of rotatable bonds is 10. The fraction of sp³-hybridized carbons (Fsp3) is 0.667. The molecule has 0 saturated carbocycles. The fourth-order valence-corrected chi connectivity index (χ4v) is 5.09. The van der Waals surface area contributed by atoms with E-state index >= 15 is 0 Å². The lowest BCUT2D eigenvalue weighted by molar-refractivity contribution is -0.00000436. The molecule has 1 rings (SSSR count). The molecule has 0 aliphatic rings. The van der Waals surface area contributed by atoms with E-state index in [1.807, 2.05) is 0 Å². The summed E-state index contributed by atoms with van der Waals surface area (Å²) in [5.74, 6) is 0. The highest BCUT2D eigenvalue weighted by Crippen LogP contribution is 2.54. The van der Waals surface area contributed by atoms with Crippen molar-refractivity contribution in [1.29, 1.82) is 0 Å². The Morgan fingerprint density at radius 1 is 0.800 bits per heavy atom. The highest BCUT2D eigenvalue weighted by molar-refractivity contribution is 7.73. The van der Waals surface area contributed by atoms with Gasteiger partial charge < -0.3 is 12.4 Å². The van der Waals surface area contributed by atoms with E-state index in [0.717, 1.165) is 0 Å². The van der Waals surface area contributed by atoms with Crippen molar-refractivity contribution in [3.8, 4) is 0 Å². The van der Waals surface area contributed by atoms with Gasteiger partial charge in [-0.05, 0) is 18.4 Å². The van der Waals surface area contributed by atoms with Crippen LogP contribution < -0.4 is 12.4 Å². The molecular formula is C18H32ClP. The molecule has 0 aliphatic carbocycles. The molecule has 0 fully saturated rings. The van der Waals surface area contributed by atoms with Gasteiger partial charge in [0.15, 0.2) is 0 Å². The van der Waals surface area contributed by atoms with Crippen LogP contribution in [0.25, 0.3) is 0 Å². The predicted octanol–water partition coefficient (Wildman–Crippen LogP) is 3.22. The summed E-state index contributed by atoms with van der Waals surface area (Å²) in [5.41, 5.74) is 1.53. The van der Waals surface area contributed by atoms with Crippen molar-refractivity contribution in [3.05, 3.63) is 35.9 Å². The summed E-state index contributed by atoms with van der Waals surface area (Å²) in [7, 11) is -0.726. The van der Waals surface area contributed by atoms with Crippen molar-refractivity contribution in [3.63, 3.8) is 0 Å². The molecule has 1 aromatic rings. The zero-order valence-corrected chi connectivity index (χ0v) is 15.2. The summed E-state index contributed by atoms with van der Waals surface area (Å²) in [6.07, 6.45) is 12.8. The van der Waals surface area contributed by atoms with Crippen LogP contribution in [-0.2, 0) is 6.16 Å². The number of hydrogen-bond donors (Lipinski definition) is 0. The first-order valence-electron chi connectivity index (χ1n) is 8.00. The van der Waals surface area contributed by atoms with Crippen LogP contribution in [0.3, 0.4) is 0 Å². The van der Waals surface area contributed by atoms with Crippen molar-refractivity contribution in [2.45, 2.75) is 58.0 Å². The smallest absolute Gasteiger partial charge is 0.0837 e. The first-order valence-corrected chi connectivity index (χ1v) is 11.1. The Kier molecular flexibility index (Phi) is 11.5. The molecule has 0 aliphatic heterocycles. The third-order valence-electron chi connectivity index (χ3n) is 3.82. The molecule has 116 valence electrons. The number of hydrogen-bond acceptors (Lipinski definition) is 0. The maximum atomic E-state index is 2.52. The molecule has 0 atom stereocenters. The third kappa shape index (κ3) is 9.78. The predicted molar refractivity (Wildman–Crippen MR) is 91.8 cm³/mol. The van der Waals surface area contributed by atoms with E-state index in [9.17, 15) is 0 Å². The van der Waals surface area contributed by atoms with Gasteiger partial charge >= 0.3 is 0 Å². The molecule has 0 amide bonds. The van der Waals surface area contributed by atoms with Crippen molar-refractivity contribution >= 4 is 7.26 Å². The zero-order chi connectivity index (χ0) is 14.0. The minimum absolute atomic E-state index is 0. The molecule has 0 nitrogen and oxygen atoms in total. The van der Waals surface area contributed by atoms with Crippen LogP contribution in [0.15, 0.2) is 30.3 Å². The molecule has 0 radical (unpaired) electrons. The molecule has 0 bridgehead atoms. The Bertz CT molecular complexity index is 321. The van der Waals surface area contributed by atoms with Crippen LogP contribution in [0, 0.1) is 0 Å². The van der Waals surface area contributed by atoms with Crippen LogP contribution in [0.5, 0.6) is 0 Å². The Hall–Kier alpha value is -0.0600. The Labute approximate surface area is 133 Å². The van der Waals surface area contributed by atoms with E-state index in [1.54, 1.807) is 0 Å². The largest absolute Gasteiger partial charge is 1.00 e. The van der Waals surface area contributed by atoms with Gasteiger partial charge in [0.1, 0.15) is 0 Å². The number of benzene rings is 1. The van der Waals surface area contributed by atoms with E-state index in [2.05, 4.69) is 50.6 Å². The van der Waals surface area contributed by atoms with E-state index < -0.39 is 7.26 Å². The van der Waals surface area contributed by atoms with Gasteiger partial charge in [-0.2, -0.15) is 0 Å². The Balaban J connectivity index is 0.00000361. The van der Waals surface area contributed by atoms with E-state index in [0.29, 0.717) is 0 Å². The quantitative estimate of drug-likeness (QED) is 0.459. The first kappa shape index (κ1) is 19.9. The second kappa shape index (κ2) is 11.6. The second-order valence-corrected chi connectivity index (χ2v) is 11.1. The van der Waals surface area contributed by atoms with Gasteiger partial charge in [0.05, 0.1) is 12.3 Å². The van der Waals surface area contributed by atoms with Gasteiger partial charge in [-0.1, -0.05) is 69.4 Å². The summed E-state index contributed by atoms with van der Waals surface area (Å²) >= 11 is 0. The van der Waals surface area contributed by atoms with Gasteiger partial charge in [-0.3, -0.25) is 0 Å². The van der Waals surface area contributed by atoms with Crippen LogP contribution >= 0.6 is 7.26 Å². The summed E-state index contributed by atoms with van der Waals surface area (Å²) < 4.78 is 0. The second-order valence-electron chi connectivity index (χ2n) is 6.42. The molecule has 0 aromatic heterocycles. The standard InChI is InChI=1S/C18H32P.ClH/c1-4-5-6-7-8-9-13-16-19(2,3)17-18-14-11-10-12-15-18;/h10-12,14-15H,4-9,13,16-17H2,1-3H3;1H/q+1;/p-1. The van der Waals surface area contributed by atoms with Gasteiger partial charge in [-0.25, -0.2) is 0 Å². The normalized spacial score (nSPS) is 11.2. The van der Waals surface area contributed by atoms with Crippen LogP contribution in [-0.4, -0.2) is 19.5 Å². The molecule has 0 heterocycles. The lowest BCUT2D eigenvalue weighted by Crippen LogP contribution is -3.00.